The Morgan fingerprint density at radius 1 is 1.30 bits per heavy atom. The number of halogens is 2. The summed E-state index contributed by atoms with van der Waals surface area (Å²) in [6.07, 6.45) is 2.87. The number of para-hydroxylation sites is 1. The maximum Gasteiger partial charge on any atom is 0.270 e. The zero-order valence-corrected chi connectivity index (χ0v) is 17.3. The molecule has 0 aromatic heterocycles. The van der Waals surface area contributed by atoms with Crippen molar-refractivity contribution in [3.8, 4) is 11.5 Å². The fourth-order valence-corrected chi connectivity index (χ4v) is 3.33. The van der Waals surface area contributed by atoms with Gasteiger partial charge in [0.2, 0.25) is 0 Å². The lowest BCUT2D eigenvalue weighted by Crippen LogP contribution is -2.54. The number of carbonyl (C=O) groups is 2. The number of amides is 2. The maximum atomic E-state index is 14.2. The van der Waals surface area contributed by atoms with E-state index in [0.29, 0.717) is 17.1 Å². The molecule has 0 aliphatic carbocycles. The quantitative estimate of drug-likeness (QED) is 0.315. The van der Waals surface area contributed by atoms with Crippen molar-refractivity contribution in [2.75, 3.05) is 18.6 Å². The minimum Gasteiger partial charge on any atom is -0.493 e. The molecule has 6 nitrogen and oxygen atoms in total. The Bertz CT molecular complexity index is 1090. The van der Waals surface area contributed by atoms with Crippen molar-refractivity contribution in [2.45, 2.75) is 0 Å². The van der Waals surface area contributed by atoms with Gasteiger partial charge in [-0.15, -0.1) is 0 Å². The predicted octanol–water partition coefficient (Wildman–Crippen LogP) is 3.88. The highest BCUT2D eigenvalue weighted by molar-refractivity contribution is 7.80. The molecule has 2 aromatic carbocycles. The molecule has 0 spiro atoms. The van der Waals surface area contributed by atoms with Gasteiger partial charge in [-0.2, -0.15) is 0 Å². The SMILES string of the molecule is C=CCOc1c(Cl)cc(/C=C2\C(=O)NC(=S)N(c3ccccc3F)C2=O)cc1OC. The van der Waals surface area contributed by atoms with E-state index in [0.717, 1.165) is 4.90 Å². The Morgan fingerprint density at radius 3 is 2.70 bits per heavy atom. The zero-order valence-electron chi connectivity index (χ0n) is 15.8. The van der Waals surface area contributed by atoms with E-state index < -0.39 is 17.6 Å². The summed E-state index contributed by atoms with van der Waals surface area (Å²) >= 11 is 11.3. The molecule has 1 fully saturated rings. The van der Waals surface area contributed by atoms with E-state index in [-0.39, 0.29) is 28.0 Å². The highest BCUT2D eigenvalue weighted by Crippen LogP contribution is 2.37. The molecule has 0 atom stereocenters. The third-order valence-corrected chi connectivity index (χ3v) is 4.67. The van der Waals surface area contributed by atoms with Gasteiger partial charge in [0.25, 0.3) is 11.8 Å². The van der Waals surface area contributed by atoms with Gasteiger partial charge >= 0.3 is 0 Å². The number of hydrogen-bond donors (Lipinski definition) is 1. The normalized spacial score (nSPS) is 15.2. The molecule has 1 aliphatic rings. The molecule has 2 aromatic rings. The molecule has 9 heteroatoms. The monoisotopic (exact) mass is 446 g/mol. The Balaban J connectivity index is 2.03. The van der Waals surface area contributed by atoms with Gasteiger partial charge in [-0.1, -0.05) is 36.4 Å². The molecule has 1 N–H and O–H groups in total. The number of carbonyl (C=O) groups excluding carboxylic acids is 2. The minimum absolute atomic E-state index is 0.0674. The first kappa shape index (κ1) is 21.5. The number of hydrogen-bond acceptors (Lipinski definition) is 5. The summed E-state index contributed by atoms with van der Waals surface area (Å²) in [5.41, 5.74) is 0.0922. The number of nitrogens with zero attached hydrogens (tertiary/aromatic N) is 1. The van der Waals surface area contributed by atoms with E-state index in [1.165, 1.54) is 37.5 Å². The van der Waals surface area contributed by atoms with Crippen LogP contribution in [0.4, 0.5) is 10.1 Å². The number of thiocarbonyl (C=S) groups is 1. The fraction of sp³-hybridized carbons (Fsp3) is 0.0952. The topological polar surface area (TPSA) is 67.9 Å². The molecule has 1 heterocycles. The van der Waals surface area contributed by atoms with Crippen LogP contribution in [0.3, 0.4) is 0 Å². The number of ether oxygens (including phenoxy) is 2. The standard InChI is InChI=1S/C21H16ClFN2O4S/c1-3-8-29-18-14(22)10-12(11-17(18)28-2)9-13-19(26)24-21(30)25(20(13)27)16-7-5-4-6-15(16)23/h3-7,9-11H,1,8H2,2H3,(H,24,26,30)/b13-9+. The van der Waals surface area contributed by atoms with Gasteiger partial charge in [0.1, 0.15) is 18.0 Å². The zero-order chi connectivity index (χ0) is 21.8. The number of anilines is 1. The molecule has 1 aliphatic heterocycles. The van der Waals surface area contributed by atoms with Crippen LogP contribution in [0.25, 0.3) is 6.08 Å². The highest BCUT2D eigenvalue weighted by atomic mass is 35.5. The Hall–Kier alpha value is -3.23. The van der Waals surface area contributed by atoms with Gasteiger partial charge in [0, 0.05) is 0 Å². The van der Waals surface area contributed by atoms with Crippen LogP contribution in [0, 0.1) is 5.82 Å². The van der Waals surface area contributed by atoms with Crippen molar-refractivity contribution in [3.63, 3.8) is 0 Å². The molecule has 154 valence electrons. The van der Waals surface area contributed by atoms with Gasteiger partial charge in [-0.25, -0.2) is 9.29 Å². The van der Waals surface area contributed by atoms with Crippen LogP contribution in [-0.2, 0) is 9.59 Å². The van der Waals surface area contributed by atoms with Crippen molar-refractivity contribution < 1.29 is 23.5 Å². The van der Waals surface area contributed by atoms with Crippen LogP contribution >= 0.6 is 23.8 Å². The van der Waals surface area contributed by atoms with Crippen LogP contribution in [0.15, 0.2) is 54.6 Å². The molecule has 0 saturated carbocycles. The second kappa shape index (κ2) is 9.06. The summed E-state index contributed by atoms with van der Waals surface area (Å²) < 4.78 is 25.0. The third kappa shape index (κ3) is 4.19. The van der Waals surface area contributed by atoms with Crippen LogP contribution in [-0.4, -0.2) is 30.6 Å². The Morgan fingerprint density at radius 2 is 2.03 bits per heavy atom. The van der Waals surface area contributed by atoms with Gasteiger partial charge in [0.15, 0.2) is 16.6 Å². The second-order valence-electron chi connectivity index (χ2n) is 6.04. The van der Waals surface area contributed by atoms with Crippen LogP contribution < -0.4 is 19.7 Å². The summed E-state index contributed by atoms with van der Waals surface area (Å²) in [6, 6.07) is 8.68. The Kier molecular flexibility index (Phi) is 6.49. The van der Waals surface area contributed by atoms with Gasteiger partial charge in [-0.3, -0.25) is 14.9 Å². The lowest BCUT2D eigenvalue weighted by Gasteiger charge is -2.29. The lowest BCUT2D eigenvalue weighted by atomic mass is 10.1. The largest absolute Gasteiger partial charge is 0.493 e. The Labute approximate surface area is 182 Å². The van der Waals surface area contributed by atoms with Crippen LogP contribution in [0.1, 0.15) is 5.56 Å². The predicted molar refractivity (Wildman–Crippen MR) is 116 cm³/mol. The molecule has 3 rings (SSSR count). The van der Waals surface area contributed by atoms with Crippen LogP contribution in [0.5, 0.6) is 11.5 Å². The average Bonchev–Trinajstić information content (AvgIpc) is 2.71. The first-order chi connectivity index (χ1) is 14.4. The van der Waals surface area contributed by atoms with E-state index in [4.69, 9.17) is 33.3 Å². The summed E-state index contributed by atoms with van der Waals surface area (Å²) in [5.74, 6) is -1.52. The summed E-state index contributed by atoms with van der Waals surface area (Å²) in [5, 5.41) is 2.40. The first-order valence-electron chi connectivity index (χ1n) is 8.64. The number of nitrogens with one attached hydrogen (secondary N) is 1. The van der Waals surface area contributed by atoms with E-state index in [1.807, 2.05) is 0 Å². The molecule has 0 unspecified atom stereocenters. The van der Waals surface area contributed by atoms with E-state index in [2.05, 4.69) is 11.9 Å². The third-order valence-electron chi connectivity index (χ3n) is 4.10. The summed E-state index contributed by atoms with van der Waals surface area (Å²) in [4.78, 5) is 26.3. The van der Waals surface area contributed by atoms with Crippen molar-refractivity contribution in [3.05, 3.63) is 71.0 Å². The lowest BCUT2D eigenvalue weighted by molar-refractivity contribution is -0.122. The van der Waals surface area contributed by atoms with Crippen molar-refractivity contribution >= 4 is 52.5 Å². The van der Waals surface area contributed by atoms with E-state index in [9.17, 15) is 14.0 Å². The molecular weight excluding hydrogens is 431 g/mol. The molecule has 0 bridgehead atoms. The van der Waals surface area contributed by atoms with E-state index >= 15 is 0 Å². The van der Waals surface area contributed by atoms with E-state index in [1.54, 1.807) is 18.2 Å². The maximum absolute atomic E-state index is 14.2. The van der Waals surface area contributed by atoms with Crippen LogP contribution in [0.2, 0.25) is 5.02 Å². The number of benzene rings is 2. The highest BCUT2D eigenvalue weighted by Gasteiger charge is 2.35. The molecule has 30 heavy (non-hydrogen) atoms. The molecule has 0 radical (unpaired) electrons. The van der Waals surface area contributed by atoms with Gasteiger partial charge in [0.05, 0.1) is 17.8 Å². The summed E-state index contributed by atoms with van der Waals surface area (Å²) in [6.45, 7) is 3.79. The van der Waals surface area contributed by atoms with Crippen molar-refractivity contribution in [1.82, 2.24) is 5.32 Å². The first-order valence-corrected chi connectivity index (χ1v) is 9.43. The van der Waals surface area contributed by atoms with Crippen molar-refractivity contribution in [1.29, 1.82) is 0 Å². The minimum atomic E-state index is -0.768. The fourth-order valence-electron chi connectivity index (χ4n) is 2.78. The van der Waals surface area contributed by atoms with Gasteiger partial charge < -0.3 is 9.47 Å². The van der Waals surface area contributed by atoms with Crippen molar-refractivity contribution in [2.24, 2.45) is 0 Å². The van der Waals surface area contributed by atoms with Gasteiger partial charge in [-0.05, 0) is 48.1 Å². The average molecular weight is 447 g/mol. The summed E-state index contributed by atoms with van der Waals surface area (Å²) in [7, 11) is 1.43. The molecule has 1 saturated heterocycles. The molecular formula is C21H16ClFN2O4S. The smallest absolute Gasteiger partial charge is 0.270 e. The number of rotatable bonds is 6. The number of methoxy groups -OCH3 is 1. The molecule has 2 amide bonds. The second-order valence-corrected chi connectivity index (χ2v) is 6.84.